The minimum absolute atomic E-state index is 0.117. The van der Waals surface area contributed by atoms with Crippen LogP contribution in [0, 0.1) is 5.41 Å². The van der Waals surface area contributed by atoms with E-state index in [0.717, 1.165) is 24.8 Å². The van der Waals surface area contributed by atoms with Gasteiger partial charge in [0.1, 0.15) is 0 Å². The predicted octanol–water partition coefficient (Wildman–Crippen LogP) is 5.91. The van der Waals surface area contributed by atoms with E-state index in [-0.39, 0.29) is 11.4 Å². The molecule has 0 saturated heterocycles. The molecule has 2 nitrogen and oxygen atoms in total. The van der Waals surface area contributed by atoms with Crippen molar-refractivity contribution in [3.05, 3.63) is 65.2 Å². The monoisotopic (exact) mass is 334 g/mol. The number of carbonyl (C=O) groups excluding carboxylic acids is 1. The zero-order chi connectivity index (χ0) is 18.0. The number of aryl methyl sites for hydroxylation is 1. The van der Waals surface area contributed by atoms with Gasteiger partial charge in [-0.3, -0.25) is 0 Å². The predicted molar refractivity (Wildman–Crippen MR) is 104 cm³/mol. The molecule has 0 aromatic heterocycles. The lowest BCUT2D eigenvalue weighted by molar-refractivity contribution is 0.0600. The standard InChI is InChI=1S/C23H26O2/c1-5-16-8-6-9-17(14-16)19-12-11-18(22(24)25-4)15-20(19)21-10-7-13-23(21,2)3/h6,8-12,14-15H,5,7,13H2,1-4H3. The first-order valence-corrected chi connectivity index (χ1v) is 8.99. The van der Waals surface area contributed by atoms with Crippen molar-refractivity contribution in [1.82, 2.24) is 0 Å². The summed E-state index contributed by atoms with van der Waals surface area (Å²) in [5.74, 6) is -0.286. The highest BCUT2D eigenvalue weighted by atomic mass is 16.5. The summed E-state index contributed by atoms with van der Waals surface area (Å²) in [6, 6.07) is 14.6. The van der Waals surface area contributed by atoms with Gasteiger partial charge >= 0.3 is 5.97 Å². The van der Waals surface area contributed by atoms with Gasteiger partial charge in [0, 0.05) is 0 Å². The van der Waals surface area contributed by atoms with Crippen molar-refractivity contribution in [2.45, 2.75) is 40.0 Å². The molecule has 1 aliphatic rings. The Bertz CT molecular complexity index is 828. The van der Waals surface area contributed by atoms with E-state index in [1.807, 2.05) is 12.1 Å². The normalized spacial score (nSPS) is 15.8. The second-order valence-corrected chi connectivity index (χ2v) is 7.35. The van der Waals surface area contributed by atoms with E-state index in [1.165, 1.54) is 29.4 Å². The summed E-state index contributed by atoms with van der Waals surface area (Å²) >= 11 is 0. The molecule has 0 amide bonds. The van der Waals surface area contributed by atoms with Gasteiger partial charge in [-0.1, -0.05) is 57.2 Å². The first-order chi connectivity index (χ1) is 12.0. The highest BCUT2D eigenvalue weighted by Gasteiger charge is 2.30. The molecular formula is C23H26O2. The number of carbonyl (C=O) groups is 1. The number of esters is 1. The summed E-state index contributed by atoms with van der Waals surface area (Å²) in [6.07, 6.45) is 5.56. The number of benzene rings is 2. The van der Waals surface area contributed by atoms with Gasteiger partial charge < -0.3 is 4.74 Å². The van der Waals surface area contributed by atoms with Gasteiger partial charge in [0.25, 0.3) is 0 Å². The number of allylic oxidation sites excluding steroid dienone is 2. The van der Waals surface area contributed by atoms with Crippen molar-refractivity contribution in [2.75, 3.05) is 7.11 Å². The maximum atomic E-state index is 12.0. The van der Waals surface area contributed by atoms with Gasteiger partial charge in [-0.25, -0.2) is 4.79 Å². The molecule has 0 N–H and O–H groups in total. The minimum Gasteiger partial charge on any atom is -0.465 e. The van der Waals surface area contributed by atoms with Crippen LogP contribution >= 0.6 is 0 Å². The molecule has 0 unspecified atom stereocenters. The van der Waals surface area contributed by atoms with Crippen LogP contribution in [-0.2, 0) is 11.2 Å². The van der Waals surface area contributed by atoms with Gasteiger partial charge in [0.15, 0.2) is 0 Å². The average Bonchev–Trinajstić information content (AvgIpc) is 2.99. The molecule has 0 heterocycles. The van der Waals surface area contributed by atoms with Crippen LogP contribution in [0.2, 0.25) is 0 Å². The topological polar surface area (TPSA) is 26.3 Å². The van der Waals surface area contributed by atoms with Crippen LogP contribution in [0.1, 0.15) is 55.1 Å². The van der Waals surface area contributed by atoms with Gasteiger partial charge in [0.2, 0.25) is 0 Å². The van der Waals surface area contributed by atoms with Crippen LogP contribution in [0.4, 0.5) is 0 Å². The number of hydrogen-bond acceptors (Lipinski definition) is 2. The Morgan fingerprint density at radius 1 is 1.12 bits per heavy atom. The Labute approximate surface area is 150 Å². The van der Waals surface area contributed by atoms with Gasteiger partial charge in [-0.05, 0) is 64.6 Å². The summed E-state index contributed by atoms with van der Waals surface area (Å²) in [7, 11) is 1.43. The first kappa shape index (κ1) is 17.5. The lowest BCUT2D eigenvalue weighted by atomic mass is 9.79. The molecule has 3 rings (SSSR count). The number of hydrogen-bond donors (Lipinski definition) is 0. The third kappa shape index (κ3) is 3.39. The fourth-order valence-corrected chi connectivity index (χ4v) is 3.69. The second-order valence-electron chi connectivity index (χ2n) is 7.35. The Kier molecular flexibility index (Phi) is 4.80. The van der Waals surface area contributed by atoms with E-state index in [0.29, 0.717) is 5.56 Å². The van der Waals surface area contributed by atoms with E-state index in [2.05, 4.69) is 57.2 Å². The van der Waals surface area contributed by atoms with Crippen LogP contribution < -0.4 is 0 Å². The van der Waals surface area contributed by atoms with E-state index in [4.69, 9.17) is 4.74 Å². The third-order valence-electron chi connectivity index (χ3n) is 5.22. The summed E-state index contributed by atoms with van der Waals surface area (Å²) in [4.78, 5) is 12.0. The van der Waals surface area contributed by atoms with E-state index < -0.39 is 0 Å². The SMILES string of the molecule is CCc1cccc(-c2ccc(C(=O)OC)cc2C2=CCCC2(C)C)c1. The summed E-state index contributed by atoms with van der Waals surface area (Å²) < 4.78 is 4.93. The number of rotatable bonds is 4. The molecule has 2 aromatic carbocycles. The molecule has 0 aliphatic heterocycles. The molecule has 0 spiro atoms. The first-order valence-electron chi connectivity index (χ1n) is 8.99. The zero-order valence-corrected chi connectivity index (χ0v) is 15.6. The molecule has 0 radical (unpaired) electrons. The highest BCUT2D eigenvalue weighted by molar-refractivity contribution is 5.94. The summed E-state index contributed by atoms with van der Waals surface area (Å²) in [6.45, 7) is 6.73. The van der Waals surface area contributed by atoms with Gasteiger partial charge in [0.05, 0.1) is 12.7 Å². The molecule has 0 atom stereocenters. The van der Waals surface area contributed by atoms with Crippen molar-refractivity contribution in [3.63, 3.8) is 0 Å². The average molecular weight is 334 g/mol. The van der Waals surface area contributed by atoms with Crippen LogP contribution in [-0.4, -0.2) is 13.1 Å². The Balaban J connectivity index is 2.19. The van der Waals surface area contributed by atoms with E-state index in [9.17, 15) is 4.79 Å². The van der Waals surface area contributed by atoms with Gasteiger partial charge in [-0.2, -0.15) is 0 Å². The molecule has 0 saturated carbocycles. The lowest BCUT2D eigenvalue weighted by Gasteiger charge is -2.25. The number of methoxy groups -OCH3 is 1. The molecule has 2 aromatic rings. The Morgan fingerprint density at radius 2 is 1.92 bits per heavy atom. The Hall–Kier alpha value is -2.35. The van der Waals surface area contributed by atoms with Crippen LogP contribution in [0.25, 0.3) is 16.7 Å². The van der Waals surface area contributed by atoms with Crippen LogP contribution in [0.15, 0.2) is 48.5 Å². The summed E-state index contributed by atoms with van der Waals surface area (Å²) in [5.41, 5.74) is 6.91. The molecule has 1 aliphatic carbocycles. The Morgan fingerprint density at radius 3 is 2.56 bits per heavy atom. The van der Waals surface area contributed by atoms with Crippen LogP contribution in [0.3, 0.4) is 0 Å². The van der Waals surface area contributed by atoms with E-state index >= 15 is 0 Å². The van der Waals surface area contributed by atoms with Crippen molar-refractivity contribution in [1.29, 1.82) is 0 Å². The smallest absolute Gasteiger partial charge is 0.337 e. The van der Waals surface area contributed by atoms with Crippen molar-refractivity contribution in [3.8, 4) is 11.1 Å². The van der Waals surface area contributed by atoms with Gasteiger partial charge in [-0.15, -0.1) is 0 Å². The second kappa shape index (κ2) is 6.87. The molecule has 25 heavy (non-hydrogen) atoms. The maximum Gasteiger partial charge on any atom is 0.337 e. The molecule has 0 bridgehead atoms. The minimum atomic E-state index is -0.286. The van der Waals surface area contributed by atoms with Crippen LogP contribution in [0.5, 0.6) is 0 Å². The molecule has 0 fully saturated rings. The van der Waals surface area contributed by atoms with E-state index in [1.54, 1.807) is 0 Å². The zero-order valence-electron chi connectivity index (χ0n) is 15.6. The summed E-state index contributed by atoms with van der Waals surface area (Å²) in [5, 5.41) is 0. The molecular weight excluding hydrogens is 308 g/mol. The van der Waals surface area contributed by atoms with Crippen molar-refractivity contribution < 1.29 is 9.53 Å². The highest BCUT2D eigenvalue weighted by Crippen LogP contribution is 2.47. The lowest BCUT2D eigenvalue weighted by Crippen LogP contribution is -2.11. The number of ether oxygens (including phenoxy) is 1. The fraction of sp³-hybridized carbons (Fsp3) is 0.348. The largest absolute Gasteiger partial charge is 0.465 e. The third-order valence-corrected chi connectivity index (χ3v) is 5.22. The fourth-order valence-electron chi connectivity index (χ4n) is 3.69. The van der Waals surface area contributed by atoms with Crippen molar-refractivity contribution >= 4 is 11.5 Å². The molecule has 2 heteroatoms. The maximum absolute atomic E-state index is 12.0. The van der Waals surface area contributed by atoms with Crippen molar-refractivity contribution in [2.24, 2.45) is 5.41 Å². The quantitative estimate of drug-likeness (QED) is 0.650. The molecule has 130 valence electrons.